The van der Waals surface area contributed by atoms with Crippen LogP contribution in [0.25, 0.3) is 0 Å². The highest BCUT2D eigenvalue weighted by atomic mass is 32.2. The van der Waals surface area contributed by atoms with Crippen LogP contribution in [-0.4, -0.2) is 25.6 Å². The molecule has 1 atom stereocenters. The van der Waals surface area contributed by atoms with Crippen molar-refractivity contribution in [2.75, 3.05) is 6.26 Å². The number of nitrogens with two attached hydrogens (primary N) is 1. The lowest BCUT2D eigenvalue weighted by molar-refractivity contribution is 0.101. The topological polar surface area (TPSA) is 97.5 Å². The number of Topliss-reactive ketones (excluding diaryl/α,β-unsaturated/α-hetero) is 1. The van der Waals surface area contributed by atoms with Crippen molar-refractivity contribution in [3.8, 4) is 5.75 Å². The van der Waals surface area contributed by atoms with Crippen molar-refractivity contribution in [2.24, 2.45) is 5.73 Å². The second kappa shape index (κ2) is 4.23. The highest BCUT2D eigenvalue weighted by Gasteiger charge is 2.19. The van der Waals surface area contributed by atoms with Crippen LogP contribution in [0.4, 0.5) is 0 Å². The molecule has 3 N–H and O–H groups in total. The molecule has 1 aromatic carbocycles. The second-order valence-electron chi connectivity index (χ2n) is 3.58. The zero-order valence-corrected chi connectivity index (χ0v) is 9.78. The van der Waals surface area contributed by atoms with E-state index < -0.39 is 15.2 Å². The number of phenols is 1. The van der Waals surface area contributed by atoms with Gasteiger partial charge in [-0.15, -0.1) is 0 Å². The number of hydrogen-bond acceptors (Lipinski definition) is 5. The van der Waals surface area contributed by atoms with Crippen LogP contribution in [-0.2, 0) is 9.84 Å². The van der Waals surface area contributed by atoms with Crippen molar-refractivity contribution in [2.45, 2.75) is 12.3 Å². The number of hydrogen-bond donors (Lipinski definition) is 2. The first kappa shape index (κ1) is 12.7. The van der Waals surface area contributed by atoms with Gasteiger partial charge in [0.1, 0.15) is 11.1 Å². The molecule has 6 heteroatoms. The van der Waals surface area contributed by atoms with Crippen molar-refractivity contribution in [1.29, 1.82) is 0 Å². The molecule has 1 aromatic rings. The van der Waals surface area contributed by atoms with E-state index in [4.69, 9.17) is 5.73 Å². The predicted octanol–water partition coefficient (Wildman–Crippen LogP) is 0.597. The molecular weight excluding hydrogens is 230 g/mol. The van der Waals surface area contributed by atoms with Crippen LogP contribution in [0.15, 0.2) is 18.2 Å². The first-order chi connectivity index (χ1) is 7.23. The highest BCUT2D eigenvalue weighted by molar-refractivity contribution is 7.90. The average molecular weight is 243 g/mol. The highest BCUT2D eigenvalue weighted by Crippen LogP contribution is 2.23. The third-order valence-electron chi connectivity index (χ3n) is 2.19. The summed E-state index contributed by atoms with van der Waals surface area (Å²) in [5.74, 6) is -0.531. The van der Waals surface area contributed by atoms with Gasteiger partial charge in [-0.05, 0) is 24.6 Å². The van der Waals surface area contributed by atoms with Crippen LogP contribution >= 0.6 is 0 Å². The molecule has 0 bridgehead atoms. The van der Waals surface area contributed by atoms with E-state index in [9.17, 15) is 18.3 Å². The molecule has 0 radical (unpaired) electrons. The lowest BCUT2D eigenvalue weighted by Crippen LogP contribution is -2.20. The molecule has 1 rings (SSSR count). The largest absolute Gasteiger partial charge is 0.507 e. The Hall–Kier alpha value is -1.40. The Morgan fingerprint density at radius 3 is 2.44 bits per heavy atom. The van der Waals surface area contributed by atoms with Gasteiger partial charge in [0.2, 0.25) is 0 Å². The molecule has 0 aliphatic rings. The maximum atomic E-state index is 11.2. The number of phenolic OH excluding ortho intramolecular Hbond substituents is 1. The normalized spacial score (nSPS) is 13.4. The number of carbonyl (C=O) groups is 1. The van der Waals surface area contributed by atoms with Gasteiger partial charge in [-0.2, -0.15) is 0 Å². The maximum absolute atomic E-state index is 11.2. The fraction of sp³-hybridized carbons (Fsp3) is 0.300. The molecular formula is C10H13NO4S. The van der Waals surface area contributed by atoms with Crippen molar-refractivity contribution < 1.29 is 18.3 Å². The monoisotopic (exact) mass is 243 g/mol. The van der Waals surface area contributed by atoms with E-state index in [-0.39, 0.29) is 22.7 Å². The van der Waals surface area contributed by atoms with E-state index in [0.717, 1.165) is 6.26 Å². The van der Waals surface area contributed by atoms with Crippen molar-refractivity contribution in [1.82, 2.24) is 0 Å². The summed E-state index contributed by atoms with van der Waals surface area (Å²) >= 11 is 0. The minimum Gasteiger partial charge on any atom is -0.507 e. The maximum Gasteiger partial charge on any atom is 0.167 e. The van der Waals surface area contributed by atoms with Gasteiger partial charge in [0.05, 0.1) is 5.56 Å². The van der Waals surface area contributed by atoms with Crippen LogP contribution in [0, 0.1) is 0 Å². The Balaban J connectivity index is 3.29. The minimum atomic E-state index is -3.43. The Kier molecular flexibility index (Phi) is 3.35. The fourth-order valence-electron chi connectivity index (χ4n) is 1.26. The van der Waals surface area contributed by atoms with Gasteiger partial charge >= 0.3 is 0 Å². The van der Waals surface area contributed by atoms with Crippen LogP contribution in [0.5, 0.6) is 5.75 Å². The molecule has 0 saturated carbocycles. The Morgan fingerprint density at radius 2 is 2.00 bits per heavy atom. The summed E-state index contributed by atoms with van der Waals surface area (Å²) in [7, 11) is -3.43. The van der Waals surface area contributed by atoms with Gasteiger partial charge in [0.25, 0.3) is 0 Å². The molecule has 0 heterocycles. The summed E-state index contributed by atoms with van der Waals surface area (Å²) in [5, 5.41) is 8.19. The summed E-state index contributed by atoms with van der Waals surface area (Å²) in [4.78, 5) is 11.1. The average Bonchev–Trinajstić information content (AvgIpc) is 2.15. The number of carbonyl (C=O) groups excluding carboxylic acids is 1. The SMILES string of the molecule is CC(=O)c1cc(C(N)S(C)(=O)=O)ccc1O. The van der Waals surface area contributed by atoms with Crippen LogP contribution in [0.3, 0.4) is 0 Å². The van der Waals surface area contributed by atoms with E-state index in [2.05, 4.69) is 0 Å². The zero-order chi connectivity index (χ0) is 12.5. The van der Waals surface area contributed by atoms with Crippen LogP contribution in [0.1, 0.15) is 28.2 Å². The zero-order valence-electron chi connectivity index (χ0n) is 8.97. The molecule has 88 valence electrons. The van der Waals surface area contributed by atoms with Crippen molar-refractivity contribution in [3.63, 3.8) is 0 Å². The first-order valence-electron chi connectivity index (χ1n) is 4.52. The molecule has 0 aliphatic carbocycles. The van der Waals surface area contributed by atoms with E-state index in [1.54, 1.807) is 0 Å². The third-order valence-corrected chi connectivity index (χ3v) is 3.38. The summed E-state index contributed by atoms with van der Waals surface area (Å²) in [6.45, 7) is 1.28. The molecule has 0 aliphatic heterocycles. The van der Waals surface area contributed by atoms with Gasteiger partial charge in [0, 0.05) is 6.26 Å². The number of sulfone groups is 1. The Morgan fingerprint density at radius 1 is 1.44 bits per heavy atom. The van der Waals surface area contributed by atoms with E-state index in [1.165, 1.54) is 25.1 Å². The van der Waals surface area contributed by atoms with Gasteiger partial charge in [-0.25, -0.2) is 8.42 Å². The van der Waals surface area contributed by atoms with Gasteiger partial charge in [-0.1, -0.05) is 6.07 Å². The molecule has 0 amide bonds. The number of benzene rings is 1. The summed E-state index contributed by atoms with van der Waals surface area (Å²) < 4.78 is 22.5. The van der Waals surface area contributed by atoms with Crippen LogP contribution < -0.4 is 5.73 Å². The number of aromatic hydroxyl groups is 1. The second-order valence-corrected chi connectivity index (χ2v) is 5.75. The quantitative estimate of drug-likeness (QED) is 0.757. The van der Waals surface area contributed by atoms with Gasteiger partial charge < -0.3 is 10.8 Å². The van der Waals surface area contributed by atoms with Gasteiger partial charge in [0.15, 0.2) is 15.6 Å². The first-order valence-corrected chi connectivity index (χ1v) is 6.47. The molecule has 0 saturated heterocycles. The lowest BCUT2D eigenvalue weighted by Gasteiger charge is -2.11. The summed E-state index contributed by atoms with van der Waals surface area (Å²) in [6, 6.07) is 3.94. The van der Waals surface area contributed by atoms with Crippen molar-refractivity contribution in [3.05, 3.63) is 29.3 Å². The molecule has 1 unspecified atom stereocenters. The Bertz CT molecular complexity index is 522. The molecule has 16 heavy (non-hydrogen) atoms. The third kappa shape index (κ3) is 2.59. The van der Waals surface area contributed by atoms with Crippen molar-refractivity contribution >= 4 is 15.6 Å². The van der Waals surface area contributed by atoms with E-state index in [1.807, 2.05) is 0 Å². The molecule has 5 nitrogen and oxygen atoms in total. The number of rotatable bonds is 3. The lowest BCUT2D eigenvalue weighted by atomic mass is 10.1. The van der Waals surface area contributed by atoms with Crippen LogP contribution in [0.2, 0.25) is 0 Å². The summed E-state index contributed by atoms with van der Waals surface area (Å²) in [6.07, 6.45) is 1.01. The van der Waals surface area contributed by atoms with E-state index in [0.29, 0.717) is 0 Å². The molecule has 0 aromatic heterocycles. The molecule has 0 spiro atoms. The minimum absolute atomic E-state index is 0.0663. The fourth-order valence-corrected chi connectivity index (χ4v) is 1.90. The standard InChI is InChI=1S/C10H13NO4S/c1-6(12)8-5-7(3-4-9(8)13)10(11)16(2,14)15/h3-5,10,13H,11H2,1-2H3. The smallest absolute Gasteiger partial charge is 0.167 e. The summed E-state index contributed by atoms with van der Waals surface area (Å²) in [5.41, 5.74) is 5.86. The molecule has 0 fully saturated rings. The van der Waals surface area contributed by atoms with Gasteiger partial charge in [-0.3, -0.25) is 4.79 Å². The Labute approximate surface area is 93.8 Å². The number of ketones is 1. The predicted molar refractivity (Wildman–Crippen MR) is 59.9 cm³/mol. The van der Waals surface area contributed by atoms with E-state index >= 15 is 0 Å².